The largest absolute Gasteiger partial charge is 0.747 e. The van der Waals surface area contributed by atoms with Crippen LogP contribution in [-0.2, 0) is 4.57 Å². The highest BCUT2D eigenvalue weighted by Gasteiger charge is 2.32. The maximum Gasteiger partial charge on any atom is 0.747 e. The summed E-state index contributed by atoms with van der Waals surface area (Å²) in [5.74, 6) is -6.06. The minimum atomic E-state index is -3.36. The number of carbonyl (C=O) groups is 3. The van der Waals surface area contributed by atoms with E-state index >= 15 is 0 Å². The zero-order valence-electron chi connectivity index (χ0n) is 8.93. The van der Waals surface area contributed by atoms with E-state index in [1.54, 1.807) is 0 Å². The fourth-order valence-electron chi connectivity index (χ4n) is 1.31. The number of aromatic carboxylic acids is 3. The summed E-state index contributed by atoms with van der Waals surface area (Å²) >= 11 is 0. The van der Waals surface area contributed by atoms with Crippen LogP contribution in [0, 0.1) is 0 Å². The normalized spacial score (nSPS) is 10.7. The lowest BCUT2D eigenvalue weighted by Gasteiger charge is -2.06. The van der Waals surface area contributed by atoms with Crippen molar-refractivity contribution in [3.05, 3.63) is 28.8 Å². The molecule has 0 amide bonds. The molecule has 1 unspecified atom stereocenters. The SMILES string of the molecule is O=C(O)c1ccc(C(=O)O)c(C(=O)O)c1O[P+](=O)O. The predicted octanol–water partition coefficient (Wildman–Crippen LogP) is 0.810. The van der Waals surface area contributed by atoms with Gasteiger partial charge in [-0.3, -0.25) is 0 Å². The van der Waals surface area contributed by atoms with Gasteiger partial charge in [-0.1, -0.05) is 0 Å². The van der Waals surface area contributed by atoms with E-state index in [1.165, 1.54) is 0 Å². The first kappa shape index (κ1) is 14.6. The second kappa shape index (κ2) is 5.42. The Morgan fingerprint density at radius 1 is 0.947 bits per heavy atom. The van der Waals surface area contributed by atoms with Crippen LogP contribution in [0.5, 0.6) is 5.75 Å². The minimum absolute atomic E-state index is 0.736. The molecule has 0 aliphatic carbocycles. The molecule has 0 aromatic heterocycles. The number of hydrogen-bond donors (Lipinski definition) is 4. The van der Waals surface area contributed by atoms with Crippen LogP contribution in [0.1, 0.15) is 31.1 Å². The molecule has 0 radical (unpaired) electrons. The van der Waals surface area contributed by atoms with Crippen LogP contribution in [-0.4, -0.2) is 38.1 Å². The molecule has 100 valence electrons. The highest BCUT2D eigenvalue weighted by Crippen LogP contribution is 2.33. The van der Waals surface area contributed by atoms with Crippen LogP contribution < -0.4 is 4.52 Å². The Balaban J connectivity index is 3.70. The monoisotopic (exact) mass is 289 g/mol. The van der Waals surface area contributed by atoms with Crippen molar-refractivity contribution in [3.8, 4) is 5.75 Å². The Morgan fingerprint density at radius 3 is 1.79 bits per heavy atom. The highest BCUT2D eigenvalue weighted by molar-refractivity contribution is 7.32. The molecule has 1 atom stereocenters. The molecule has 0 bridgehead atoms. The lowest BCUT2D eigenvalue weighted by molar-refractivity contribution is 0.0646. The smallest absolute Gasteiger partial charge is 0.478 e. The quantitative estimate of drug-likeness (QED) is 0.575. The zero-order chi connectivity index (χ0) is 14.7. The summed E-state index contributed by atoms with van der Waals surface area (Å²) in [5.41, 5.74) is -2.51. The molecule has 1 rings (SSSR count). The van der Waals surface area contributed by atoms with E-state index in [0.29, 0.717) is 0 Å². The molecule has 0 fully saturated rings. The summed E-state index contributed by atoms with van der Waals surface area (Å²) in [6.07, 6.45) is 0. The van der Waals surface area contributed by atoms with E-state index in [0.717, 1.165) is 12.1 Å². The third-order valence-corrected chi connectivity index (χ3v) is 2.34. The Kier molecular flexibility index (Phi) is 4.15. The molecular weight excluding hydrogens is 283 g/mol. The number of benzene rings is 1. The Labute approximate surface area is 105 Å². The lowest BCUT2D eigenvalue weighted by Crippen LogP contribution is -2.13. The van der Waals surface area contributed by atoms with Gasteiger partial charge in [-0.15, -0.1) is 4.89 Å². The summed E-state index contributed by atoms with van der Waals surface area (Å²) in [4.78, 5) is 41.3. The number of carboxylic acids is 3. The minimum Gasteiger partial charge on any atom is -0.478 e. The predicted molar refractivity (Wildman–Crippen MR) is 57.8 cm³/mol. The van der Waals surface area contributed by atoms with Gasteiger partial charge >= 0.3 is 26.2 Å². The van der Waals surface area contributed by atoms with E-state index in [-0.39, 0.29) is 0 Å². The second-order valence-corrected chi connectivity index (χ2v) is 3.77. The summed E-state index contributed by atoms with van der Waals surface area (Å²) in [5, 5.41) is 26.5. The highest BCUT2D eigenvalue weighted by atomic mass is 31.1. The van der Waals surface area contributed by atoms with E-state index in [4.69, 9.17) is 20.2 Å². The molecule has 9 nitrogen and oxygen atoms in total. The molecule has 1 aromatic rings. The van der Waals surface area contributed by atoms with Crippen molar-refractivity contribution in [1.29, 1.82) is 0 Å². The molecule has 4 N–H and O–H groups in total. The second-order valence-electron chi connectivity index (χ2n) is 3.11. The van der Waals surface area contributed by atoms with Gasteiger partial charge in [0.05, 0.1) is 5.56 Å². The third-order valence-electron chi connectivity index (χ3n) is 2.00. The van der Waals surface area contributed by atoms with Crippen molar-refractivity contribution in [2.24, 2.45) is 0 Å². The van der Waals surface area contributed by atoms with Gasteiger partial charge in [0.15, 0.2) is 0 Å². The number of carboxylic acid groups (broad SMARTS) is 3. The van der Waals surface area contributed by atoms with Gasteiger partial charge < -0.3 is 15.3 Å². The molecule has 0 saturated carbocycles. The Hall–Kier alpha value is -2.51. The standard InChI is InChI=1S/C9H5O9P/c10-7(11)3-1-2-4(8(12)13)6(18-19(16)17)5(3)9(14)15/h1-2H,(H3-,10,11,12,13,14,15,16,17)/p+1. The van der Waals surface area contributed by atoms with Crippen LogP contribution in [0.4, 0.5) is 0 Å². The number of rotatable bonds is 5. The van der Waals surface area contributed by atoms with Gasteiger partial charge in [-0.2, -0.15) is 0 Å². The van der Waals surface area contributed by atoms with Crippen LogP contribution in [0.25, 0.3) is 0 Å². The Bertz CT molecular complexity index is 592. The first-order valence-corrected chi connectivity index (χ1v) is 5.59. The van der Waals surface area contributed by atoms with Crippen LogP contribution >= 0.6 is 8.25 Å². The lowest BCUT2D eigenvalue weighted by atomic mass is 10.0. The van der Waals surface area contributed by atoms with E-state index in [2.05, 4.69) is 4.52 Å². The molecule has 10 heteroatoms. The van der Waals surface area contributed by atoms with Crippen LogP contribution in [0.2, 0.25) is 0 Å². The van der Waals surface area contributed by atoms with E-state index in [9.17, 15) is 18.9 Å². The first-order valence-electron chi connectivity index (χ1n) is 4.46. The van der Waals surface area contributed by atoms with Crippen molar-refractivity contribution in [3.63, 3.8) is 0 Å². The zero-order valence-corrected chi connectivity index (χ0v) is 9.83. The molecule has 0 aliphatic rings. The molecule has 0 spiro atoms. The fourth-order valence-corrected chi connectivity index (χ4v) is 1.66. The Morgan fingerprint density at radius 2 is 1.42 bits per heavy atom. The summed E-state index contributed by atoms with van der Waals surface area (Å²) < 4.78 is 14.8. The molecule has 0 aliphatic heterocycles. The van der Waals surface area contributed by atoms with Crippen molar-refractivity contribution in [2.75, 3.05) is 0 Å². The topological polar surface area (TPSA) is 158 Å². The third kappa shape index (κ3) is 3.03. The maximum absolute atomic E-state index is 11.0. The van der Waals surface area contributed by atoms with Crippen molar-refractivity contribution < 1.29 is 43.7 Å². The number of hydrogen-bond acceptors (Lipinski definition) is 5. The van der Waals surface area contributed by atoms with E-state index < -0.39 is 48.6 Å². The summed E-state index contributed by atoms with van der Waals surface area (Å²) in [6.45, 7) is 0. The van der Waals surface area contributed by atoms with Crippen LogP contribution in [0.3, 0.4) is 0 Å². The average Bonchev–Trinajstić information content (AvgIpc) is 2.26. The van der Waals surface area contributed by atoms with Crippen molar-refractivity contribution in [2.45, 2.75) is 0 Å². The molecule has 0 heterocycles. The molecule has 19 heavy (non-hydrogen) atoms. The summed E-state index contributed by atoms with van der Waals surface area (Å²) in [6, 6.07) is 1.53. The summed E-state index contributed by atoms with van der Waals surface area (Å²) in [7, 11) is -3.36. The van der Waals surface area contributed by atoms with Gasteiger partial charge in [0, 0.05) is 4.57 Å². The van der Waals surface area contributed by atoms with Crippen LogP contribution in [0.15, 0.2) is 12.1 Å². The first-order chi connectivity index (χ1) is 8.75. The molecular formula is C9H6O9P+. The molecule has 1 aromatic carbocycles. The maximum atomic E-state index is 11.0. The van der Waals surface area contributed by atoms with Gasteiger partial charge in [0.25, 0.3) is 0 Å². The van der Waals surface area contributed by atoms with E-state index in [1.807, 2.05) is 0 Å². The van der Waals surface area contributed by atoms with Gasteiger partial charge in [0.2, 0.25) is 5.75 Å². The van der Waals surface area contributed by atoms with Gasteiger partial charge in [0.1, 0.15) is 11.1 Å². The van der Waals surface area contributed by atoms with Crippen molar-refractivity contribution >= 4 is 26.2 Å². The van der Waals surface area contributed by atoms with Gasteiger partial charge in [-0.05, 0) is 12.1 Å². The average molecular weight is 289 g/mol. The van der Waals surface area contributed by atoms with Crippen molar-refractivity contribution in [1.82, 2.24) is 0 Å². The fraction of sp³-hybridized carbons (Fsp3) is 0. The molecule has 0 saturated heterocycles. The van der Waals surface area contributed by atoms with Gasteiger partial charge in [-0.25, -0.2) is 18.9 Å².